The summed E-state index contributed by atoms with van der Waals surface area (Å²) >= 11 is 0. The lowest BCUT2D eigenvalue weighted by Gasteiger charge is -2.10. The molecule has 0 unspecified atom stereocenters. The van der Waals surface area contributed by atoms with Crippen LogP contribution < -0.4 is 15.2 Å². The Morgan fingerprint density at radius 2 is 1.50 bits per heavy atom. The molecule has 3 nitrogen and oxygen atoms in total. The summed E-state index contributed by atoms with van der Waals surface area (Å²) in [6.07, 6.45) is 0. The molecule has 0 aromatic heterocycles. The van der Waals surface area contributed by atoms with Crippen LogP contribution in [-0.4, -0.2) is 7.11 Å². The molecule has 0 aliphatic carbocycles. The maximum atomic E-state index is 5.73. The smallest absolute Gasteiger partial charge is 0.161 e. The molecular weight excluding hydrogens is 226 g/mol. The number of benzene rings is 2. The van der Waals surface area contributed by atoms with Gasteiger partial charge in [0.1, 0.15) is 6.61 Å². The van der Waals surface area contributed by atoms with Crippen LogP contribution in [0.5, 0.6) is 11.5 Å². The van der Waals surface area contributed by atoms with Gasteiger partial charge in [-0.05, 0) is 23.3 Å². The number of nitrogens with two attached hydrogens (primary N) is 1. The summed E-state index contributed by atoms with van der Waals surface area (Å²) in [6, 6.07) is 15.7. The Morgan fingerprint density at radius 3 is 2.11 bits per heavy atom. The number of para-hydroxylation sites is 2. The lowest BCUT2D eigenvalue weighted by atomic mass is 10.1. The fourth-order valence-corrected chi connectivity index (χ4v) is 1.67. The van der Waals surface area contributed by atoms with Crippen molar-refractivity contribution in [3.05, 3.63) is 59.7 Å². The molecule has 0 spiro atoms. The highest BCUT2D eigenvalue weighted by molar-refractivity contribution is 5.39. The topological polar surface area (TPSA) is 44.5 Å². The largest absolute Gasteiger partial charge is 0.493 e. The number of hydrogen-bond donors (Lipinski definition) is 1. The molecule has 0 bridgehead atoms. The van der Waals surface area contributed by atoms with Crippen molar-refractivity contribution in [1.82, 2.24) is 0 Å². The van der Waals surface area contributed by atoms with Crippen LogP contribution in [0, 0.1) is 0 Å². The van der Waals surface area contributed by atoms with Crippen molar-refractivity contribution in [2.45, 2.75) is 13.2 Å². The molecule has 0 amide bonds. The van der Waals surface area contributed by atoms with Gasteiger partial charge in [0, 0.05) is 6.54 Å². The summed E-state index contributed by atoms with van der Waals surface area (Å²) in [5.74, 6) is 1.50. The minimum absolute atomic E-state index is 0.519. The molecule has 18 heavy (non-hydrogen) atoms. The Kier molecular flexibility index (Phi) is 4.20. The normalized spacial score (nSPS) is 10.1. The number of hydrogen-bond acceptors (Lipinski definition) is 3. The second-order valence-corrected chi connectivity index (χ2v) is 3.96. The summed E-state index contributed by atoms with van der Waals surface area (Å²) in [5, 5.41) is 0. The van der Waals surface area contributed by atoms with E-state index in [1.807, 2.05) is 48.5 Å². The van der Waals surface area contributed by atoms with Crippen LogP contribution in [0.4, 0.5) is 0 Å². The van der Waals surface area contributed by atoms with Crippen LogP contribution in [0.3, 0.4) is 0 Å². The van der Waals surface area contributed by atoms with Gasteiger partial charge in [0.15, 0.2) is 11.5 Å². The van der Waals surface area contributed by atoms with Crippen LogP contribution in [-0.2, 0) is 13.2 Å². The van der Waals surface area contributed by atoms with Crippen LogP contribution in [0.15, 0.2) is 48.5 Å². The van der Waals surface area contributed by atoms with Crippen molar-refractivity contribution in [3.63, 3.8) is 0 Å². The predicted octanol–water partition coefficient (Wildman–Crippen LogP) is 2.73. The quantitative estimate of drug-likeness (QED) is 0.878. The van der Waals surface area contributed by atoms with E-state index < -0.39 is 0 Å². The molecule has 0 aliphatic rings. The monoisotopic (exact) mass is 243 g/mol. The van der Waals surface area contributed by atoms with Crippen molar-refractivity contribution in [2.75, 3.05) is 7.11 Å². The molecule has 3 heteroatoms. The minimum Gasteiger partial charge on any atom is -0.493 e. The molecule has 94 valence electrons. The first-order valence-corrected chi connectivity index (χ1v) is 5.87. The van der Waals surface area contributed by atoms with Gasteiger partial charge < -0.3 is 15.2 Å². The zero-order valence-electron chi connectivity index (χ0n) is 10.4. The second kappa shape index (κ2) is 6.07. The summed E-state index contributed by atoms with van der Waals surface area (Å²) < 4.78 is 11.0. The van der Waals surface area contributed by atoms with Crippen molar-refractivity contribution < 1.29 is 9.47 Å². The third-order valence-corrected chi connectivity index (χ3v) is 2.72. The van der Waals surface area contributed by atoms with E-state index in [0.717, 1.165) is 22.6 Å². The van der Waals surface area contributed by atoms with Gasteiger partial charge in [0.05, 0.1) is 7.11 Å². The SMILES string of the molecule is COc1ccccc1OCc1ccc(CN)cc1. The van der Waals surface area contributed by atoms with Gasteiger partial charge in [0.25, 0.3) is 0 Å². The van der Waals surface area contributed by atoms with Crippen LogP contribution in [0.2, 0.25) is 0 Å². The number of rotatable bonds is 5. The Labute approximate surface area is 107 Å². The molecule has 2 N–H and O–H groups in total. The molecule has 0 saturated heterocycles. The standard InChI is InChI=1S/C15H17NO2/c1-17-14-4-2-3-5-15(14)18-11-13-8-6-12(10-16)7-9-13/h2-9H,10-11,16H2,1H3. The molecule has 0 saturated carbocycles. The molecule has 0 heterocycles. The van der Waals surface area contributed by atoms with Gasteiger partial charge in [-0.1, -0.05) is 36.4 Å². The average molecular weight is 243 g/mol. The third-order valence-electron chi connectivity index (χ3n) is 2.72. The van der Waals surface area contributed by atoms with E-state index in [4.69, 9.17) is 15.2 Å². The second-order valence-electron chi connectivity index (χ2n) is 3.96. The van der Waals surface area contributed by atoms with Gasteiger partial charge in [0.2, 0.25) is 0 Å². The first-order chi connectivity index (χ1) is 8.83. The van der Waals surface area contributed by atoms with Crippen LogP contribution >= 0.6 is 0 Å². The van der Waals surface area contributed by atoms with Crippen LogP contribution in [0.25, 0.3) is 0 Å². The molecule has 2 rings (SSSR count). The molecule has 0 aliphatic heterocycles. The minimum atomic E-state index is 0.519. The predicted molar refractivity (Wildman–Crippen MR) is 71.7 cm³/mol. The lowest BCUT2D eigenvalue weighted by Crippen LogP contribution is -1.99. The first-order valence-electron chi connectivity index (χ1n) is 5.87. The zero-order valence-corrected chi connectivity index (χ0v) is 10.4. The van der Waals surface area contributed by atoms with Crippen molar-refractivity contribution in [2.24, 2.45) is 5.73 Å². The number of ether oxygens (including phenoxy) is 2. The molecule has 2 aromatic carbocycles. The third kappa shape index (κ3) is 3.02. The summed E-state index contributed by atoms with van der Waals surface area (Å²) in [6.45, 7) is 1.08. The van der Waals surface area contributed by atoms with E-state index in [1.165, 1.54) is 0 Å². The van der Waals surface area contributed by atoms with E-state index >= 15 is 0 Å². The van der Waals surface area contributed by atoms with E-state index in [0.29, 0.717) is 13.2 Å². The van der Waals surface area contributed by atoms with Crippen molar-refractivity contribution in [1.29, 1.82) is 0 Å². The molecular formula is C15H17NO2. The molecule has 0 fully saturated rings. The van der Waals surface area contributed by atoms with Crippen molar-refractivity contribution >= 4 is 0 Å². The fraction of sp³-hybridized carbons (Fsp3) is 0.200. The maximum Gasteiger partial charge on any atom is 0.161 e. The van der Waals surface area contributed by atoms with E-state index in [2.05, 4.69) is 0 Å². The van der Waals surface area contributed by atoms with Gasteiger partial charge in [-0.2, -0.15) is 0 Å². The highest BCUT2D eigenvalue weighted by Crippen LogP contribution is 2.26. The van der Waals surface area contributed by atoms with Crippen molar-refractivity contribution in [3.8, 4) is 11.5 Å². The summed E-state index contributed by atoms with van der Waals surface area (Å²) in [5.41, 5.74) is 7.79. The molecule has 2 aromatic rings. The average Bonchev–Trinajstić information content (AvgIpc) is 2.46. The van der Waals surface area contributed by atoms with E-state index in [1.54, 1.807) is 7.11 Å². The Bertz CT molecular complexity index is 494. The molecule has 0 atom stereocenters. The summed E-state index contributed by atoms with van der Waals surface area (Å²) in [7, 11) is 1.64. The zero-order chi connectivity index (χ0) is 12.8. The highest BCUT2D eigenvalue weighted by Gasteiger charge is 2.02. The Hall–Kier alpha value is -2.00. The van der Waals surface area contributed by atoms with Gasteiger partial charge in [-0.25, -0.2) is 0 Å². The van der Waals surface area contributed by atoms with Gasteiger partial charge >= 0.3 is 0 Å². The van der Waals surface area contributed by atoms with Gasteiger partial charge in [-0.3, -0.25) is 0 Å². The Balaban J connectivity index is 2.02. The van der Waals surface area contributed by atoms with Crippen LogP contribution in [0.1, 0.15) is 11.1 Å². The van der Waals surface area contributed by atoms with E-state index in [9.17, 15) is 0 Å². The highest BCUT2D eigenvalue weighted by atomic mass is 16.5. The number of methoxy groups -OCH3 is 1. The fourth-order valence-electron chi connectivity index (χ4n) is 1.67. The van der Waals surface area contributed by atoms with E-state index in [-0.39, 0.29) is 0 Å². The first kappa shape index (κ1) is 12.5. The molecule has 0 radical (unpaired) electrons. The Morgan fingerprint density at radius 1 is 0.889 bits per heavy atom. The maximum absolute atomic E-state index is 5.73. The van der Waals surface area contributed by atoms with Gasteiger partial charge in [-0.15, -0.1) is 0 Å². The summed E-state index contributed by atoms with van der Waals surface area (Å²) in [4.78, 5) is 0. The lowest BCUT2D eigenvalue weighted by molar-refractivity contribution is 0.284.